The van der Waals surface area contributed by atoms with Gasteiger partial charge >= 0.3 is 0 Å². The van der Waals surface area contributed by atoms with Gasteiger partial charge < -0.3 is 0 Å². The highest BCUT2D eigenvalue weighted by molar-refractivity contribution is 6.13. The van der Waals surface area contributed by atoms with Crippen LogP contribution in [0, 0.1) is 5.82 Å². The van der Waals surface area contributed by atoms with Gasteiger partial charge in [0.1, 0.15) is 5.82 Å². The van der Waals surface area contributed by atoms with E-state index < -0.39 is 0 Å². The number of imide groups is 1. The average molecular weight is 219 g/mol. The fraction of sp³-hybridized carbons (Fsp3) is 0.167. The second-order valence-corrected chi connectivity index (χ2v) is 3.61. The van der Waals surface area contributed by atoms with Gasteiger partial charge in [0.2, 0.25) is 0 Å². The first-order valence-electron chi connectivity index (χ1n) is 4.90. The number of carbonyl (C=O) groups is 2. The molecule has 1 heterocycles. The molecule has 0 saturated heterocycles. The summed E-state index contributed by atoms with van der Waals surface area (Å²) in [4.78, 5) is 24.0. The van der Waals surface area contributed by atoms with Crippen LogP contribution >= 0.6 is 0 Å². The van der Waals surface area contributed by atoms with E-state index >= 15 is 0 Å². The molecular weight excluding hydrogens is 209 g/mol. The molecule has 1 aliphatic heterocycles. The molecule has 0 fully saturated rings. The molecule has 1 aromatic carbocycles. The third-order valence-electron chi connectivity index (χ3n) is 2.58. The van der Waals surface area contributed by atoms with Gasteiger partial charge in [0.25, 0.3) is 11.8 Å². The van der Waals surface area contributed by atoms with E-state index in [0.717, 1.165) is 10.5 Å². The van der Waals surface area contributed by atoms with E-state index in [2.05, 4.69) is 0 Å². The number of hydrogen-bond acceptors (Lipinski definition) is 2. The number of nitrogens with zero attached hydrogens (tertiary/aromatic N) is 1. The first-order valence-corrected chi connectivity index (χ1v) is 4.90. The van der Waals surface area contributed by atoms with Gasteiger partial charge in [0, 0.05) is 12.2 Å². The lowest BCUT2D eigenvalue weighted by Gasteiger charge is -2.22. The fourth-order valence-corrected chi connectivity index (χ4v) is 1.68. The summed E-state index contributed by atoms with van der Waals surface area (Å²) in [7, 11) is 0. The van der Waals surface area contributed by atoms with Crippen molar-refractivity contribution in [1.29, 1.82) is 0 Å². The van der Waals surface area contributed by atoms with Crippen molar-refractivity contribution in [3.63, 3.8) is 0 Å². The molecule has 0 aromatic heterocycles. The van der Waals surface area contributed by atoms with Crippen molar-refractivity contribution in [1.82, 2.24) is 4.90 Å². The highest BCUT2D eigenvalue weighted by Crippen LogP contribution is 2.23. The molecular formula is C12H10FNO2. The van der Waals surface area contributed by atoms with Crippen LogP contribution in [-0.4, -0.2) is 16.7 Å². The van der Waals surface area contributed by atoms with Crippen LogP contribution in [0.2, 0.25) is 0 Å². The number of rotatable bonds is 2. The maximum Gasteiger partial charge on any atom is 0.254 e. The Morgan fingerprint density at radius 2 is 1.56 bits per heavy atom. The molecule has 1 unspecified atom stereocenters. The van der Waals surface area contributed by atoms with Crippen LogP contribution in [0.15, 0.2) is 36.4 Å². The SMILES string of the molecule is CC(c1ccc(F)cc1)N1C(=O)C=CC1=O. The first-order chi connectivity index (χ1) is 7.59. The van der Waals surface area contributed by atoms with Gasteiger partial charge in [-0.25, -0.2) is 4.39 Å². The quantitative estimate of drug-likeness (QED) is 0.711. The second-order valence-electron chi connectivity index (χ2n) is 3.61. The maximum absolute atomic E-state index is 12.7. The predicted molar refractivity (Wildman–Crippen MR) is 55.8 cm³/mol. The van der Waals surface area contributed by atoms with Gasteiger partial charge in [0.15, 0.2) is 0 Å². The summed E-state index contributed by atoms with van der Waals surface area (Å²) in [5.74, 6) is -1.00. The third kappa shape index (κ3) is 1.74. The molecule has 0 spiro atoms. The minimum Gasteiger partial charge on any atom is -0.269 e. The second kappa shape index (κ2) is 3.89. The molecule has 16 heavy (non-hydrogen) atoms. The zero-order valence-electron chi connectivity index (χ0n) is 8.68. The van der Waals surface area contributed by atoms with Crippen LogP contribution in [0.4, 0.5) is 4.39 Å². The van der Waals surface area contributed by atoms with E-state index in [1.165, 1.54) is 24.3 Å². The minimum absolute atomic E-state index is 0.332. The van der Waals surface area contributed by atoms with Gasteiger partial charge in [-0.1, -0.05) is 12.1 Å². The zero-order valence-corrected chi connectivity index (χ0v) is 8.68. The van der Waals surface area contributed by atoms with E-state index in [1.807, 2.05) is 0 Å². The highest BCUT2D eigenvalue weighted by atomic mass is 19.1. The molecule has 2 rings (SSSR count). The van der Waals surface area contributed by atoms with Gasteiger partial charge in [-0.2, -0.15) is 0 Å². The molecule has 2 amide bonds. The van der Waals surface area contributed by atoms with E-state index in [-0.39, 0.29) is 23.7 Å². The zero-order chi connectivity index (χ0) is 11.7. The standard InChI is InChI=1S/C12H10FNO2/c1-8(9-2-4-10(13)5-3-9)14-11(15)6-7-12(14)16/h2-8H,1H3. The molecule has 3 nitrogen and oxygen atoms in total. The van der Waals surface area contributed by atoms with Gasteiger partial charge in [0.05, 0.1) is 6.04 Å². The summed E-state index contributed by atoms with van der Waals surface area (Å²) in [5, 5.41) is 0. The van der Waals surface area contributed by atoms with E-state index in [9.17, 15) is 14.0 Å². The van der Waals surface area contributed by atoms with Crippen molar-refractivity contribution in [2.45, 2.75) is 13.0 Å². The smallest absolute Gasteiger partial charge is 0.254 e. The highest BCUT2D eigenvalue weighted by Gasteiger charge is 2.29. The van der Waals surface area contributed by atoms with Crippen molar-refractivity contribution in [3.8, 4) is 0 Å². The molecule has 0 aliphatic carbocycles. The summed E-state index contributed by atoms with van der Waals surface area (Å²) in [6, 6.07) is 5.38. The molecule has 0 saturated carbocycles. The molecule has 1 atom stereocenters. The van der Waals surface area contributed by atoms with E-state index in [4.69, 9.17) is 0 Å². The summed E-state index contributed by atoms with van der Waals surface area (Å²) in [6.07, 6.45) is 2.48. The Hall–Kier alpha value is -1.97. The molecule has 0 N–H and O–H groups in total. The van der Waals surface area contributed by atoms with Crippen molar-refractivity contribution < 1.29 is 14.0 Å². The summed E-state index contributed by atoms with van der Waals surface area (Å²) in [5.41, 5.74) is 0.729. The first kappa shape index (κ1) is 10.5. The van der Waals surface area contributed by atoms with Gasteiger partial charge in [-0.3, -0.25) is 14.5 Å². The summed E-state index contributed by atoms with van der Waals surface area (Å²) < 4.78 is 12.7. The number of halogens is 1. The Morgan fingerprint density at radius 3 is 2.06 bits per heavy atom. The number of hydrogen-bond donors (Lipinski definition) is 0. The van der Waals surface area contributed by atoms with Crippen LogP contribution in [0.25, 0.3) is 0 Å². The van der Waals surface area contributed by atoms with Gasteiger partial charge in [-0.05, 0) is 24.6 Å². The molecule has 1 aromatic rings. The van der Waals surface area contributed by atoms with E-state index in [1.54, 1.807) is 19.1 Å². The van der Waals surface area contributed by atoms with E-state index in [0.29, 0.717) is 0 Å². The lowest BCUT2D eigenvalue weighted by Crippen LogP contribution is -2.32. The monoisotopic (exact) mass is 219 g/mol. The summed E-state index contributed by atoms with van der Waals surface area (Å²) in [6.45, 7) is 1.73. The fourth-order valence-electron chi connectivity index (χ4n) is 1.68. The van der Waals surface area contributed by atoms with Crippen LogP contribution in [0.3, 0.4) is 0 Å². The van der Waals surface area contributed by atoms with Crippen LogP contribution in [-0.2, 0) is 9.59 Å². The normalized spacial score (nSPS) is 17.0. The Balaban J connectivity index is 2.25. The minimum atomic E-state index is -0.379. The van der Waals surface area contributed by atoms with Crippen LogP contribution in [0.5, 0.6) is 0 Å². The number of benzene rings is 1. The van der Waals surface area contributed by atoms with Crippen molar-refractivity contribution in [2.75, 3.05) is 0 Å². The van der Waals surface area contributed by atoms with Crippen molar-refractivity contribution in [3.05, 3.63) is 47.8 Å². The molecule has 4 heteroatoms. The maximum atomic E-state index is 12.7. The largest absolute Gasteiger partial charge is 0.269 e. The molecule has 0 bridgehead atoms. The number of amides is 2. The molecule has 82 valence electrons. The van der Waals surface area contributed by atoms with Crippen LogP contribution < -0.4 is 0 Å². The average Bonchev–Trinajstić information content (AvgIpc) is 2.59. The lowest BCUT2D eigenvalue weighted by atomic mass is 10.1. The Kier molecular flexibility index (Phi) is 2.56. The Bertz CT molecular complexity index is 446. The Labute approximate surface area is 92.2 Å². The molecule has 0 radical (unpaired) electrons. The topological polar surface area (TPSA) is 37.4 Å². The third-order valence-corrected chi connectivity index (χ3v) is 2.58. The molecule has 1 aliphatic rings. The summed E-state index contributed by atoms with van der Waals surface area (Å²) >= 11 is 0. The van der Waals surface area contributed by atoms with Crippen molar-refractivity contribution >= 4 is 11.8 Å². The lowest BCUT2D eigenvalue weighted by molar-refractivity contribution is -0.139. The Morgan fingerprint density at radius 1 is 1.06 bits per heavy atom. The van der Waals surface area contributed by atoms with Gasteiger partial charge in [-0.15, -0.1) is 0 Å². The predicted octanol–water partition coefficient (Wildman–Crippen LogP) is 1.81. The van der Waals surface area contributed by atoms with Crippen LogP contribution in [0.1, 0.15) is 18.5 Å². The number of carbonyl (C=O) groups excluding carboxylic acids is 2. The van der Waals surface area contributed by atoms with Crippen molar-refractivity contribution in [2.24, 2.45) is 0 Å².